The Bertz CT molecular complexity index is 73.1. The molecule has 0 aromatic rings. The second kappa shape index (κ2) is 9.31. The second-order valence-electron chi connectivity index (χ2n) is 4.10. The fourth-order valence-corrected chi connectivity index (χ4v) is 2.37. The third kappa shape index (κ3) is 8.31. The first-order valence-electron chi connectivity index (χ1n) is 5.81. The molecule has 0 heterocycles. The van der Waals surface area contributed by atoms with E-state index in [0.29, 0.717) is 9.52 Å². The van der Waals surface area contributed by atoms with Crippen molar-refractivity contribution in [1.82, 2.24) is 0 Å². The third-order valence-electron chi connectivity index (χ3n) is 2.60. The molecule has 1 aliphatic rings. The van der Waals surface area contributed by atoms with E-state index in [1.165, 1.54) is 44.2 Å². The van der Waals surface area contributed by atoms with Gasteiger partial charge in [0.25, 0.3) is 0 Å². The van der Waals surface area contributed by atoms with Crippen molar-refractivity contribution in [2.75, 3.05) is 0 Å². The van der Waals surface area contributed by atoms with E-state index in [1.807, 2.05) is 0 Å². The molecular weight excluding hydrogens is 160 g/mol. The summed E-state index contributed by atoms with van der Waals surface area (Å²) in [6.45, 7) is 6.91. The summed E-state index contributed by atoms with van der Waals surface area (Å²) in [6, 6.07) is 2.97. The first-order valence-corrected chi connectivity index (χ1v) is 7.81. The van der Waals surface area contributed by atoms with E-state index >= 15 is 0 Å². The molecule has 0 aliphatic heterocycles. The highest BCUT2D eigenvalue weighted by Gasteiger charge is 2.05. The Morgan fingerprint density at radius 3 is 1.67 bits per heavy atom. The Kier molecular flexibility index (Phi) is 9.47. The van der Waals surface area contributed by atoms with Gasteiger partial charge in [-0.3, -0.25) is 0 Å². The summed E-state index contributed by atoms with van der Waals surface area (Å²) < 4.78 is 0. The summed E-state index contributed by atoms with van der Waals surface area (Å²) in [4.78, 5) is 0. The summed E-state index contributed by atoms with van der Waals surface area (Å²) in [5, 5.41) is 0. The van der Waals surface area contributed by atoms with Gasteiger partial charge in [0.05, 0.1) is 0 Å². The molecule has 0 radical (unpaired) electrons. The van der Waals surface area contributed by atoms with Crippen molar-refractivity contribution in [2.45, 2.75) is 65.0 Å². The van der Waals surface area contributed by atoms with Crippen LogP contribution >= 0.6 is 0 Å². The summed E-state index contributed by atoms with van der Waals surface area (Å²) in [5.74, 6) is 1.04. The van der Waals surface area contributed by atoms with Gasteiger partial charge in [-0.15, -0.1) is 0 Å². The fourth-order valence-electron chi connectivity index (χ4n) is 1.66. The Morgan fingerprint density at radius 1 is 1.00 bits per heavy atom. The minimum atomic E-state index is 0.432. The van der Waals surface area contributed by atoms with Crippen LogP contribution in [-0.4, -0.2) is 9.52 Å². The highest BCUT2D eigenvalue weighted by Crippen LogP contribution is 2.21. The monoisotopic (exact) mass is 186 g/mol. The van der Waals surface area contributed by atoms with Gasteiger partial charge in [-0.25, -0.2) is 0 Å². The minimum Gasteiger partial charge on any atom is -0.0683 e. The SMILES string of the molecule is CC1CCCCC1.CC[SiH2]CC. The Morgan fingerprint density at radius 2 is 1.50 bits per heavy atom. The van der Waals surface area contributed by atoms with Gasteiger partial charge < -0.3 is 0 Å². The van der Waals surface area contributed by atoms with Crippen molar-refractivity contribution in [1.29, 1.82) is 0 Å². The van der Waals surface area contributed by atoms with E-state index in [0.717, 1.165) is 5.92 Å². The molecule has 0 aromatic carbocycles. The lowest BCUT2D eigenvalue weighted by Gasteiger charge is -2.15. The zero-order chi connectivity index (χ0) is 9.23. The first-order chi connectivity index (χ1) is 5.81. The highest BCUT2D eigenvalue weighted by molar-refractivity contribution is 6.34. The Balaban J connectivity index is 0.000000217. The van der Waals surface area contributed by atoms with Gasteiger partial charge in [0, 0.05) is 9.52 Å². The lowest BCUT2D eigenvalue weighted by atomic mass is 9.91. The van der Waals surface area contributed by atoms with Crippen LogP contribution in [-0.2, 0) is 0 Å². The van der Waals surface area contributed by atoms with Crippen LogP contribution in [0.3, 0.4) is 0 Å². The van der Waals surface area contributed by atoms with E-state index in [1.54, 1.807) is 0 Å². The smallest absolute Gasteiger partial charge is 0.0192 e. The van der Waals surface area contributed by atoms with Crippen molar-refractivity contribution in [3.63, 3.8) is 0 Å². The molecular formula is C11H26Si. The van der Waals surface area contributed by atoms with Crippen LogP contribution < -0.4 is 0 Å². The summed E-state index contributed by atoms with van der Waals surface area (Å²) in [6.07, 6.45) is 7.44. The fraction of sp³-hybridized carbons (Fsp3) is 1.00. The van der Waals surface area contributed by atoms with Gasteiger partial charge in [0.1, 0.15) is 0 Å². The zero-order valence-corrected chi connectivity index (χ0v) is 10.6. The Labute approximate surface area is 81.0 Å². The number of hydrogen-bond donors (Lipinski definition) is 0. The molecule has 0 unspecified atom stereocenters. The average molecular weight is 186 g/mol. The molecule has 0 aromatic heterocycles. The molecule has 0 N–H and O–H groups in total. The van der Waals surface area contributed by atoms with Crippen LogP contribution in [0.2, 0.25) is 12.1 Å². The number of rotatable bonds is 2. The van der Waals surface area contributed by atoms with E-state index < -0.39 is 0 Å². The Hall–Kier alpha value is 0.217. The average Bonchev–Trinajstić information content (AvgIpc) is 2.08. The molecule has 1 heteroatoms. The van der Waals surface area contributed by atoms with Crippen LogP contribution in [0.15, 0.2) is 0 Å². The van der Waals surface area contributed by atoms with E-state index in [2.05, 4.69) is 20.8 Å². The van der Waals surface area contributed by atoms with E-state index in [9.17, 15) is 0 Å². The second-order valence-corrected chi connectivity index (χ2v) is 6.80. The standard InChI is InChI=1S/C7H14.C4H12Si/c1-7-5-3-2-4-6-7;1-3-5-4-2/h7H,2-6H2,1H3;3-5H2,1-2H3. The molecule has 0 bridgehead atoms. The predicted octanol–water partition coefficient (Wildman–Crippen LogP) is 3.62. The molecule has 1 aliphatic carbocycles. The molecule has 0 atom stereocenters. The molecule has 74 valence electrons. The summed E-state index contributed by atoms with van der Waals surface area (Å²) in [7, 11) is 0.432. The van der Waals surface area contributed by atoms with Crippen LogP contribution in [0.25, 0.3) is 0 Å². The van der Waals surface area contributed by atoms with Crippen LogP contribution in [0.1, 0.15) is 52.9 Å². The van der Waals surface area contributed by atoms with Crippen molar-refractivity contribution < 1.29 is 0 Å². The van der Waals surface area contributed by atoms with Gasteiger partial charge in [-0.05, 0) is 5.92 Å². The maximum atomic E-state index is 2.36. The molecule has 1 saturated carbocycles. The van der Waals surface area contributed by atoms with Gasteiger partial charge >= 0.3 is 0 Å². The number of hydrogen-bond acceptors (Lipinski definition) is 0. The molecule has 0 saturated heterocycles. The van der Waals surface area contributed by atoms with E-state index in [-0.39, 0.29) is 0 Å². The maximum Gasteiger partial charge on any atom is 0.0192 e. The van der Waals surface area contributed by atoms with Crippen molar-refractivity contribution >= 4 is 9.52 Å². The topological polar surface area (TPSA) is 0 Å². The zero-order valence-electron chi connectivity index (χ0n) is 9.23. The summed E-state index contributed by atoms with van der Waals surface area (Å²) in [5.41, 5.74) is 0. The third-order valence-corrected chi connectivity index (χ3v) is 4.02. The molecule has 1 rings (SSSR count). The van der Waals surface area contributed by atoms with Crippen LogP contribution in [0.5, 0.6) is 0 Å². The minimum absolute atomic E-state index is 0.432. The molecule has 0 amide bonds. The van der Waals surface area contributed by atoms with Crippen molar-refractivity contribution in [2.24, 2.45) is 5.92 Å². The highest BCUT2D eigenvalue weighted by atomic mass is 28.2. The normalized spacial score (nSPS) is 18.2. The van der Waals surface area contributed by atoms with E-state index in [4.69, 9.17) is 0 Å². The van der Waals surface area contributed by atoms with Gasteiger partial charge in [0.2, 0.25) is 0 Å². The van der Waals surface area contributed by atoms with Crippen molar-refractivity contribution in [3.05, 3.63) is 0 Å². The van der Waals surface area contributed by atoms with Crippen molar-refractivity contribution in [3.8, 4) is 0 Å². The van der Waals surface area contributed by atoms with Gasteiger partial charge in [0.15, 0.2) is 0 Å². The predicted molar refractivity (Wildman–Crippen MR) is 61.8 cm³/mol. The quantitative estimate of drug-likeness (QED) is 0.578. The molecule has 0 spiro atoms. The van der Waals surface area contributed by atoms with Crippen LogP contribution in [0.4, 0.5) is 0 Å². The molecule has 1 fully saturated rings. The summed E-state index contributed by atoms with van der Waals surface area (Å²) >= 11 is 0. The first kappa shape index (κ1) is 12.2. The molecule has 0 nitrogen and oxygen atoms in total. The van der Waals surface area contributed by atoms with Gasteiger partial charge in [-0.2, -0.15) is 0 Å². The molecule has 12 heavy (non-hydrogen) atoms. The van der Waals surface area contributed by atoms with Gasteiger partial charge in [-0.1, -0.05) is 65.0 Å². The lowest BCUT2D eigenvalue weighted by Crippen LogP contribution is -1.99. The lowest BCUT2D eigenvalue weighted by molar-refractivity contribution is 0.385. The maximum absolute atomic E-state index is 2.36. The van der Waals surface area contributed by atoms with Crippen LogP contribution in [0, 0.1) is 5.92 Å². The largest absolute Gasteiger partial charge is 0.0683 e.